The van der Waals surface area contributed by atoms with Gasteiger partial charge in [0.2, 0.25) is 5.91 Å². The second-order valence-corrected chi connectivity index (χ2v) is 6.78. The number of hydrogen-bond acceptors (Lipinski definition) is 3. The zero-order valence-electron chi connectivity index (χ0n) is 14.2. The van der Waals surface area contributed by atoms with Crippen molar-refractivity contribution in [2.75, 3.05) is 39.0 Å². The molecule has 0 spiro atoms. The third-order valence-corrected chi connectivity index (χ3v) is 4.76. The van der Waals surface area contributed by atoms with Crippen molar-refractivity contribution in [3.05, 3.63) is 30.5 Å². The number of anilines is 1. The molecule has 5 heteroatoms. The van der Waals surface area contributed by atoms with Gasteiger partial charge in [-0.25, -0.2) is 0 Å². The van der Waals surface area contributed by atoms with Crippen LogP contribution in [0, 0.1) is 11.8 Å². The van der Waals surface area contributed by atoms with Gasteiger partial charge in [-0.3, -0.25) is 4.79 Å². The van der Waals surface area contributed by atoms with Gasteiger partial charge in [0.25, 0.3) is 0 Å². The minimum atomic E-state index is 0.0486. The summed E-state index contributed by atoms with van der Waals surface area (Å²) in [4.78, 5) is 14.5. The van der Waals surface area contributed by atoms with Crippen molar-refractivity contribution in [2.45, 2.75) is 13.5 Å². The maximum absolute atomic E-state index is 12.4. The molecule has 1 saturated heterocycles. The highest BCUT2D eigenvalue weighted by atomic mass is 16.1. The van der Waals surface area contributed by atoms with E-state index in [0.717, 1.165) is 31.9 Å². The molecule has 0 radical (unpaired) electrons. The van der Waals surface area contributed by atoms with E-state index >= 15 is 0 Å². The lowest BCUT2D eigenvalue weighted by Crippen LogP contribution is -2.48. The molecule has 2 N–H and O–H groups in total. The molecule has 1 fully saturated rings. The summed E-state index contributed by atoms with van der Waals surface area (Å²) >= 11 is 0. The average Bonchev–Trinajstić information content (AvgIpc) is 2.85. The maximum atomic E-state index is 12.4. The van der Waals surface area contributed by atoms with Crippen molar-refractivity contribution in [1.29, 1.82) is 0 Å². The van der Waals surface area contributed by atoms with Crippen LogP contribution in [0.4, 0.5) is 5.69 Å². The molecular formula is C18H26N4O. The molecule has 1 aromatic heterocycles. The second kappa shape index (κ2) is 6.72. The van der Waals surface area contributed by atoms with Gasteiger partial charge >= 0.3 is 0 Å². The van der Waals surface area contributed by atoms with Crippen LogP contribution in [0.25, 0.3) is 10.9 Å². The molecule has 23 heavy (non-hydrogen) atoms. The molecule has 0 aliphatic carbocycles. The molecule has 1 atom stereocenters. The average molecular weight is 314 g/mol. The van der Waals surface area contributed by atoms with Crippen molar-refractivity contribution in [3.63, 3.8) is 0 Å². The minimum absolute atomic E-state index is 0.0486. The van der Waals surface area contributed by atoms with Crippen molar-refractivity contribution >= 4 is 22.5 Å². The van der Waals surface area contributed by atoms with Crippen LogP contribution in [-0.2, 0) is 11.3 Å². The van der Waals surface area contributed by atoms with Gasteiger partial charge in [0, 0.05) is 30.9 Å². The van der Waals surface area contributed by atoms with Crippen LogP contribution in [0.5, 0.6) is 0 Å². The summed E-state index contributed by atoms with van der Waals surface area (Å²) in [7, 11) is 4.15. The molecule has 2 aromatic rings. The lowest BCUT2D eigenvalue weighted by molar-refractivity contribution is -0.121. The molecule has 1 amide bonds. The van der Waals surface area contributed by atoms with Crippen molar-refractivity contribution in [2.24, 2.45) is 11.8 Å². The Bertz CT molecular complexity index is 687. The summed E-state index contributed by atoms with van der Waals surface area (Å²) in [6.45, 7) is 5.84. The van der Waals surface area contributed by atoms with Crippen molar-refractivity contribution in [3.8, 4) is 0 Å². The SMILES string of the molecule is CC(C(=O)Nc1ccc2ccn(CCN(C)C)c2c1)C1CNC1. The van der Waals surface area contributed by atoms with Crippen LogP contribution in [-0.4, -0.2) is 49.1 Å². The number of hydrogen-bond donors (Lipinski definition) is 2. The summed E-state index contributed by atoms with van der Waals surface area (Å²) in [5.41, 5.74) is 2.05. The number of fused-ring (bicyclic) bond motifs is 1. The molecule has 2 heterocycles. The fourth-order valence-electron chi connectivity index (χ4n) is 2.90. The van der Waals surface area contributed by atoms with Gasteiger partial charge in [0.1, 0.15) is 0 Å². The number of likely N-dealkylation sites (N-methyl/N-ethyl adjacent to an activating group) is 1. The maximum Gasteiger partial charge on any atom is 0.227 e. The zero-order chi connectivity index (χ0) is 16.4. The molecule has 3 rings (SSSR count). The number of carbonyl (C=O) groups is 1. The Kier molecular flexibility index (Phi) is 4.68. The van der Waals surface area contributed by atoms with E-state index in [0.29, 0.717) is 5.92 Å². The first kappa shape index (κ1) is 16.0. The monoisotopic (exact) mass is 314 g/mol. The highest BCUT2D eigenvalue weighted by Gasteiger charge is 2.28. The Morgan fingerprint density at radius 2 is 2.17 bits per heavy atom. The van der Waals surface area contributed by atoms with Crippen molar-refractivity contribution in [1.82, 2.24) is 14.8 Å². The van der Waals surface area contributed by atoms with Crippen LogP contribution in [0.15, 0.2) is 30.5 Å². The molecule has 1 aromatic carbocycles. The van der Waals surface area contributed by atoms with E-state index in [-0.39, 0.29) is 11.8 Å². The van der Waals surface area contributed by atoms with E-state index in [4.69, 9.17) is 0 Å². The van der Waals surface area contributed by atoms with E-state index < -0.39 is 0 Å². The molecule has 1 unspecified atom stereocenters. The Labute approximate surface area is 137 Å². The van der Waals surface area contributed by atoms with E-state index in [1.165, 1.54) is 10.9 Å². The van der Waals surface area contributed by atoms with Gasteiger partial charge in [0.15, 0.2) is 0 Å². The van der Waals surface area contributed by atoms with Crippen LogP contribution in [0.3, 0.4) is 0 Å². The largest absolute Gasteiger partial charge is 0.346 e. The lowest BCUT2D eigenvalue weighted by Gasteiger charge is -2.31. The number of benzene rings is 1. The predicted octanol–water partition coefficient (Wildman–Crippen LogP) is 2.00. The van der Waals surface area contributed by atoms with E-state index in [9.17, 15) is 4.79 Å². The fraction of sp³-hybridized carbons (Fsp3) is 0.500. The summed E-state index contributed by atoms with van der Waals surface area (Å²) in [5.74, 6) is 0.623. The first-order valence-electron chi connectivity index (χ1n) is 8.30. The minimum Gasteiger partial charge on any atom is -0.346 e. The van der Waals surface area contributed by atoms with Gasteiger partial charge in [-0.15, -0.1) is 0 Å². The smallest absolute Gasteiger partial charge is 0.227 e. The van der Waals surface area contributed by atoms with Gasteiger partial charge in [0.05, 0.1) is 5.52 Å². The molecule has 5 nitrogen and oxygen atoms in total. The Morgan fingerprint density at radius 1 is 1.39 bits per heavy atom. The molecule has 124 valence electrons. The van der Waals surface area contributed by atoms with E-state index in [1.54, 1.807) is 0 Å². The van der Waals surface area contributed by atoms with Gasteiger partial charge in [-0.2, -0.15) is 0 Å². The zero-order valence-corrected chi connectivity index (χ0v) is 14.2. The topological polar surface area (TPSA) is 49.3 Å². The predicted molar refractivity (Wildman–Crippen MR) is 94.6 cm³/mol. The van der Waals surface area contributed by atoms with Crippen LogP contribution >= 0.6 is 0 Å². The summed E-state index contributed by atoms with van der Waals surface area (Å²) in [6.07, 6.45) is 2.11. The quantitative estimate of drug-likeness (QED) is 0.857. The molecular weight excluding hydrogens is 288 g/mol. The summed E-state index contributed by atoms with van der Waals surface area (Å²) < 4.78 is 2.24. The number of nitrogens with zero attached hydrogens (tertiary/aromatic N) is 2. The normalized spacial score (nSPS) is 16.5. The lowest BCUT2D eigenvalue weighted by atomic mass is 9.88. The first-order valence-corrected chi connectivity index (χ1v) is 8.30. The molecule has 1 aliphatic heterocycles. The standard InChI is InChI=1S/C18H26N4O/c1-13(15-11-19-12-15)18(23)20-16-5-4-14-6-7-22(17(14)10-16)9-8-21(2)3/h4-7,10,13,15,19H,8-9,11-12H2,1-3H3,(H,20,23). The molecule has 0 bridgehead atoms. The number of aromatic nitrogens is 1. The van der Waals surface area contributed by atoms with Gasteiger partial charge in [-0.05, 0) is 56.7 Å². The highest BCUT2D eigenvalue weighted by Crippen LogP contribution is 2.23. The molecule has 0 saturated carbocycles. The van der Waals surface area contributed by atoms with Crippen LogP contribution < -0.4 is 10.6 Å². The van der Waals surface area contributed by atoms with Gasteiger partial charge in [-0.1, -0.05) is 13.0 Å². The number of rotatable bonds is 6. The van der Waals surface area contributed by atoms with E-state index in [1.807, 2.05) is 13.0 Å². The highest BCUT2D eigenvalue weighted by molar-refractivity contribution is 5.95. The fourth-order valence-corrected chi connectivity index (χ4v) is 2.90. The first-order chi connectivity index (χ1) is 11.0. The van der Waals surface area contributed by atoms with E-state index in [2.05, 4.69) is 58.6 Å². The third kappa shape index (κ3) is 3.57. The van der Waals surface area contributed by atoms with Gasteiger partial charge < -0.3 is 20.1 Å². The number of amides is 1. The molecule has 1 aliphatic rings. The van der Waals surface area contributed by atoms with Crippen LogP contribution in [0.1, 0.15) is 6.92 Å². The Morgan fingerprint density at radius 3 is 2.83 bits per heavy atom. The number of carbonyl (C=O) groups excluding carboxylic acids is 1. The summed E-state index contributed by atoms with van der Waals surface area (Å²) in [6, 6.07) is 8.27. The third-order valence-electron chi connectivity index (χ3n) is 4.76. The second-order valence-electron chi connectivity index (χ2n) is 6.78. The summed E-state index contributed by atoms with van der Waals surface area (Å²) in [5, 5.41) is 7.51. The van der Waals surface area contributed by atoms with Crippen LogP contribution in [0.2, 0.25) is 0 Å². The van der Waals surface area contributed by atoms with Crippen molar-refractivity contribution < 1.29 is 4.79 Å². The number of nitrogens with one attached hydrogen (secondary N) is 2. The Balaban J connectivity index is 1.73. The Hall–Kier alpha value is -1.85.